The summed E-state index contributed by atoms with van der Waals surface area (Å²) < 4.78 is 0. The minimum Gasteiger partial charge on any atom is -0.291 e. The summed E-state index contributed by atoms with van der Waals surface area (Å²) in [4.78, 5) is 22.0. The summed E-state index contributed by atoms with van der Waals surface area (Å²) in [5, 5.41) is 0. The first kappa shape index (κ1) is 10.4. The van der Waals surface area contributed by atoms with Crippen molar-refractivity contribution in [3.63, 3.8) is 0 Å². The van der Waals surface area contributed by atoms with E-state index in [0.29, 0.717) is 0 Å². The Balaban J connectivity index is 2.65. The average Bonchev–Trinajstić information content (AvgIpc) is 2.26. The number of ketones is 2. The van der Waals surface area contributed by atoms with Gasteiger partial charge in [0.2, 0.25) is 11.6 Å². The summed E-state index contributed by atoms with van der Waals surface area (Å²) in [6.45, 7) is 1.68. The molecule has 2 heteroatoms. The van der Waals surface area contributed by atoms with Gasteiger partial charge in [0.25, 0.3) is 0 Å². The summed E-state index contributed by atoms with van der Waals surface area (Å²) in [7, 11) is 0. The van der Waals surface area contributed by atoms with Gasteiger partial charge < -0.3 is 0 Å². The minimum atomic E-state index is -0.434. The number of Topliss-reactive ketones (excluding diaryl/α,β-unsaturated/α-hetero) is 1. The molecule has 0 amide bonds. The smallest absolute Gasteiger partial charge is 0.221 e. The van der Waals surface area contributed by atoms with Gasteiger partial charge in [0.1, 0.15) is 0 Å². The van der Waals surface area contributed by atoms with Crippen molar-refractivity contribution in [1.82, 2.24) is 0 Å². The highest BCUT2D eigenvalue weighted by Gasteiger charge is 2.05. The van der Waals surface area contributed by atoms with E-state index in [1.54, 1.807) is 13.0 Å². The standard InChI is InChI=1S/C12H12O2/c1-2-11(13)12(14)9-8-10-6-4-3-5-7-10/h3-9H,2H2,1H3. The Morgan fingerprint density at radius 3 is 2.43 bits per heavy atom. The number of hydrogen-bond acceptors (Lipinski definition) is 2. The molecule has 0 saturated carbocycles. The van der Waals surface area contributed by atoms with Crippen molar-refractivity contribution < 1.29 is 9.59 Å². The van der Waals surface area contributed by atoms with E-state index in [4.69, 9.17) is 0 Å². The Morgan fingerprint density at radius 1 is 1.21 bits per heavy atom. The summed E-state index contributed by atoms with van der Waals surface area (Å²) in [5.74, 6) is -0.784. The van der Waals surface area contributed by atoms with Gasteiger partial charge in [-0.15, -0.1) is 0 Å². The summed E-state index contributed by atoms with van der Waals surface area (Å²) in [6, 6.07) is 9.41. The number of hydrogen-bond donors (Lipinski definition) is 0. The normalized spacial score (nSPS) is 10.4. The molecular weight excluding hydrogens is 176 g/mol. The highest BCUT2D eigenvalue weighted by Crippen LogP contribution is 2.01. The SMILES string of the molecule is CCC(=O)C(=O)C=Cc1ccccc1. The third-order valence-electron chi connectivity index (χ3n) is 1.82. The van der Waals surface area contributed by atoms with Crippen molar-refractivity contribution in [2.75, 3.05) is 0 Å². The van der Waals surface area contributed by atoms with E-state index in [0.717, 1.165) is 5.56 Å². The van der Waals surface area contributed by atoms with Crippen molar-refractivity contribution >= 4 is 17.6 Å². The van der Waals surface area contributed by atoms with Gasteiger partial charge in [0.05, 0.1) is 0 Å². The Morgan fingerprint density at radius 2 is 1.86 bits per heavy atom. The molecule has 1 rings (SSSR count). The van der Waals surface area contributed by atoms with Gasteiger partial charge in [0.15, 0.2) is 0 Å². The van der Waals surface area contributed by atoms with Gasteiger partial charge in [-0.25, -0.2) is 0 Å². The highest BCUT2D eigenvalue weighted by molar-refractivity contribution is 6.42. The van der Waals surface area contributed by atoms with Crippen molar-refractivity contribution in [1.29, 1.82) is 0 Å². The maximum atomic E-state index is 11.1. The number of benzene rings is 1. The molecule has 1 aromatic rings. The quantitative estimate of drug-likeness (QED) is 0.536. The molecule has 14 heavy (non-hydrogen) atoms. The molecule has 0 aliphatic heterocycles. The lowest BCUT2D eigenvalue weighted by molar-refractivity contribution is -0.133. The van der Waals surface area contributed by atoms with Crippen molar-refractivity contribution in [2.45, 2.75) is 13.3 Å². The molecule has 72 valence electrons. The summed E-state index contributed by atoms with van der Waals surface area (Å²) in [5.41, 5.74) is 0.921. The molecule has 0 heterocycles. The zero-order chi connectivity index (χ0) is 10.4. The Hall–Kier alpha value is -1.70. The topological polar surface area (TPSA) is 34.1 Å². The number of allylic oxidation sites excluding steroid dienone is 1. The van der Waals surface area contributed by atoms with Gasteiger partial charge in [-0.3, -0.25) is 9.59 Å². The molecule has 0 N–H and O–H groups in total. The van der Waals surface area contributed by atoms with E-state index in [-0.39, 0.29) is 12.2 Å². The summed E-state index contributed by atoms with van der Waals surface area (Å²) >= 11 is 0. The fraction of sp³-hybridized carbons (Fsp3) is 0.167. The first-order chi connectivity index (χ1) is 6.74. The minimum absolute atomic E-state index is 0.262. The van der Waals surface area contributed by atoms with Crippen LogP contribution in [0.5, 0.6) is 0 Å². The number of carbonyl (C=O) groups excluding carboxylic acids is 2. The number of carbonyl (C=O) groups is 2. The first-order valence-electron chi connectivity index (χ1n) is 4.54. The van der Waals surface area contributed by atoms with Crippen LogP contribution in [0.1, 0.15) is 18.9 Å². The van der Waals surface area contributed by atoms with Crippen molar-refractivity contribution in [3.8, 4) is 0 Å². The van der Waals surface area contributed by atoms with Crippen LogP contribution >= 0.6 is 0 Å². The van der Waals surface area contributed by atoms with E-state index in [2.05, 4.69) is 0 Å². The molecule has 0 aliphatic rings. The Bertz CT molecular complexity index is 350. The lowest BCUT2D eigenvalue weighted by Crippen LogP contribution is -2.08. The molecule has 0 atom stereocenters. The molecule has 0 aromatic heterocycles. The fourth-order valence-electron chi connectivity index (χ4n) is 1.00. The van der Waals surface area contributed by atoms with Gasteiger partial charge in [-0.2, -0.15) is 0 Å². The molecule has 0 bridgehead atoms. The van der Waals surface area contributed by atoms with Crippen molar-refractivity contribution in [2.24, 2.45) is 0 Å². The average molecular weight is 188 g/mol. The van der Waals surface area contributed by atoms with Crippen LogP contribution in [0.2, 0.25) is 0 Å². The van der Waals surface area contributed by atoms with Crippen LogP contribution in [-0.2, 0) is 9.59 Å². The van der Waals surface area contributed by atoms with Crippen LogP contribution in [0.4, 0.5) is 0 Å². The predicted molar refractivity (Wildman–Crippen MR) is 55.8 cm³/mol. The molecule has 1 aromatic carbocycles. The van der Waals surface area contributed by atoms with E-state index in [1.807, 2.05) is 30.3 Å². The van der Waals surface area contributed by atoms with Gasteiger partial charge >= 0.3 is 0 Å². The third-order valence-corrected chi connectivity index (χ3v) is 1.82. The Labute approximate surface area is 83.3 Å². The highest BCUT2D eigenvalue weighted by atomic mass is 16.2. The van der Waals surface area contributed by atoms with Crippen LogP contribution in [0.25, 0.3) is 6.08 Å². The molecule has 0 fully saturated rings. The third kappa shape index (κ3) is 2.98. The maximum absolute atomic E-state index is 11.1. The maximum Gasteiger partial charge on any atom is 0.221 e. The van der Waals surface area contributed by atoms with Crippen LogP contribution < -0.4 is 0 Å². The monoisotopic (exact) mass is 188 g/mol. The first-order valence-corrected chi connectivity index (χ1v) is 4.54. The summed E-state index contributed by atoms with van der Waals surface area (Å²) in [6.07, 6.45) is 3.23. The second-order valence-electron chi connectivity index (χ2n) is 2.88. The lowest BCUT2D eigenvalue weighted by atomic mass is 10.1. The second kappa shape index (κ2) is 5.12. The fourth-order valence-corrected chi connectivity index (χ4v) is 1.00. The van der Waals surface area contributed by atoms with E-state index in [1.165, 1.54) is 6.08 Å². The van der Waals surface area contributed by atoms with Gasteiger partial charge in [-0.05, 0) is 11.6 Å². The largest absolute Gasteiger partial charge is 0.291 e. The molecule has 0 unspecified atom stereocenters. The van der Waals surface area contributed by atoms with Gasteiger partial charge in [-0.1, -0.05) is 43.3 Å². The predicted octanol–water partition coefficient (Wildman–Crippen LogP) is 2.25. The van der Waals surface area contributed by atoms with E-state index < -0.39 is 5.78 Å². The Kier molecular flexibility index (Phi) is 3.80. The van der Waals surface area contributed by atoms with Crippen LogP contribution in [0.15, 0.2) is 36.4 Å². The van der Waals surface area contributed by atoms with Crippen LogP contribution in [-0.4, -0.2) is 11.6 Å². The van der Waals surface area contributed by atoms with Crippen molar-refractivity contribution in [3.05, 3.63) is 42.0 Å². The molecule has 0 spiro atoms. The molecule has 2 nitrogen and oxygen atoms in total. The van der Waals surface area contributed by atoms with E-state index in [9.17, 15) is 9.59 Å². The lowest BCUT2D eigenvalue weighted by Gasteiger charge is -1.91. The zero-order valence-electron chi connectivity index (χ0n) is 8.07. The molecule has 0 aliphatic carbocycles. The molecule has 0 saturated heterocycles. The van der Waals surface area contributed by atoms with Gasteiger partial charge in [0, 0.05) is 6.42 Å². The van der Waals surface area contributed by atoms with Crippen LogP contribution in [0, 0.1) is 0 Å². The van der Waals surface area contributed by atoms with Crippen LogP contribution in [0.3, 0.4) is 0 Å². The molecule has 0 radical (unpaired) electrons. The van der Waals surface area contributed by atoms with E-state index >= 15 is 0 Å². The second-order valence-corrected chi connectivity index (χ2v) is 2.88. The zero-order valence-corrected chi connectivity index (χ0v) is 8.07. The number of rotatable bonds is 4. The molecular formula is C12H12O2.